The number of carbonyl (C=O) groups excluding carboxylic acids is 1. The average molecular weight is 202 g/mol. The summed E-state index contributed by atoms with van der Waals surface area (Å²) in [6.45, 7) is 3.23. The summed E-state index contributed by atoms with van der Waals surface area (Å²) in [5.74, 6) is -0.393. The van der Waals surface area contributed by atoms with Crippen molar-refractivity contribution in [2.45, 2.75) is 51.4 Å². The molecule has 0 aromatic carbocycles. The summed E-state index contributed by atoms with van der Waals surface area (Å²) in [7, 11) is 0. The third-order valence-corrected chi connectivity index (χ3v) is 2.46. The molecule has 0 bridgehead atoms. The zero-order chi connectivity index (χ0) is 10.6. The van der Waals surface area contributed by atoms with Crippen molar-refractivity contribution in [1.82, 2.24) is 0 Å². The molecule has 0 radical (unpaired) electrons. The van der Waals surface area contributed by atoms with Gasteiger partial charge in [-0.05, 0) is 39.5 Å². The molecule has 0 amide bonds. The van der Waals surface area contributed by atoms with Crippen molar-refractivity contribution in [3.63, 3.8) is 0 Å². The molecule has 4 heteroatoms. The van der Waals surface area contributed by atoms with Gasteiger partial charge >= 0.3 is 5.97 Å². The summed E-state index contributed by atoms with van der Waals surface area (Å²) in [5.41, 5.74) is -0.306. The Morgan fingerprint density at radius 2 is 2.07 bits per heavy atom. The Morgan fingerprint density at radius 1 is 1.50 bits per heavy atom. The number of hydrogen-bond acceptors (Lipinski definition) is 4. The first-order valence-electron chi connectivity index (χ1n) is 5.03. The number of aliphatic hydroxyl groups excluding tert-OH is 1. The van der Waals surface area contributed by atoms with Gasteiger partial charge in [0.25, 0.3) is 0 Å². The zero-order valence-electron chi connectivity index (χ0n) is 8.78. The molecule has 0 heterocycles. The van der Waals surface area contributed by atoms with Crippen LogP contribution in [0.5, 0.6) is 0 Å². The molecule has 1 saturated carbocycles. The van der Waals surface area contributed by atoms with Crippen molar-refractivity contribution < 1.29 is 19.4 Å². The molecular formula is C10H18O4. The number of carbonyl (C=O) groups is 1. The first kappa shape index (κ1) is 11.5. The molecule has 1 N–H and O–H groups in total. The Hall–Kier alpha value is -0.610. The van der Waals surface area contributed by atoms with Crippen molar-refractivity contribution in [3.05, 3.63) is 0 Å². The Labute approximate surface area is 84.2 Å². The van der Waals surface area contributed by atoms with Gasteiger partial charge in [0.1, 0.15) is 12.2 Å². The van der Waals surface area contributed by atoms with Crippen molar-refractivity contribution in [2.24, 2.45) is 0 Å². The molecule has 1 atom stereocenters. The highest BCUT2D eigenvalue weighted by molar-refractivity contribution is 5.71. The van der Waals surface area contributed by atoms with Gasteiger partial charge in [-0.3, -0.25) is 0 Å². The lowest BCUT2D eigenvalue weighted by Gasteiger charge is -2.24. The summed E-state index contributed by atoms with van der Waals surface area (Å²) in [4.78, 5) is 11.3. The molecule has 1 aliphatic carbocycles. The van der Waals surface area contributed by atoms with E-state index in [1.54, 1.807) is 0 Å². The molecule has 0 aliphatic heterocycles. The highest BCUT2D eigenvalue weighted by atomic mass is 16.6. The van der Waals surface area contributed by atoms with Crippen LogP contribution in [0.25, 0.3) is 0 Å². The molecule has 14 heavy (non-hydrogen) atoms. The molecule has 0 aromatic rings. The predicted octanol–water partition coefficient (Wildman–Crippen LogP) is 1.22. The smallest absolute Gasteiger partial charge is 0.332 e. The minimum atomic E-state index is -0.918. The fourth-order valence-electron chi connectivity index (χ4n) is 1.72. The van der Waals surface area contributed by atoms with E-state index in [0.717, 1.165) is 25.7 Å². The summed E-state index contributed by atoms with van der Waals surface area (Å²) < 4.78 is 10.0. The standard InChI is InChI=1S/C10H18O4/c1-8(11)13-7-9(12)14-10(2)5-3-4-6-10/h8,11H,3-7H2,1-2H3. The van der Waals surface area contributed by atoms with E-state index in [1.807, 2.05) is 6.92 Å². The number of rotatable bonds is 4. The van der Waals surface area contributed by atoms with Gasteiger partial charge in [0, 0.05) is 0 Å². The van der Waals surface area contributed by atoms with E-state index in [1.165, 1.54) is 6.92 Å². The summed E-state index contributed by atoms with van der Waals surface area (Å²) >= 11 is 0. The first-order chi connectivity index (χ1) is 6.52. The van der Waals surface area contributed by atoms with Crippen LogP contribution in [0.2, 0.25) is 0 Å². The van der Waals surface area contributed by atoms with E-state index in [9.17, 15) is 4.79 Å². The minimum Gasteiger partial charge on any atom is -0.458 e. The van der Waals surface area contributed by atoms with E-state index >= 15 is 0 Å². The molecule has 1 rings (SSSR count). The van der Waals surface area contributed by atoms with E-state index < -0.39 is 12.3 Å². The van der Waals surface area contributed by atoms with Crippen LogP contribution in [0.3, 0.4) is 0 Å². The van der Waals surface area contributed by atoms with E-state index in [0.29, 0.717) is 0 Å². The van der Waals surface area contributed by atoms with Crippen LogP contribution in [0, 0.1) is 0 Å². The van der Waals surface area contributed by atoms with Crippen LogP contribution >= 0.6 is 0 Å². The van der Waals surface area contributed by atoms with Crippen LogP contribution in [0.1, 0.15) is 39.5 Å². The van der Waals surface area contributed by atoms with Crippen molar-refractivity contribution in [3.8, 4) is 0 Å². The number of hydrogen-bond donors (Lipinski definition) is 1. The fraction of sp³-hybridized carbons (Fsp3) is 0.900. The van der Waals surface area contributed by atoms with Gasteiger partial charge in [0.15, 0.2) is 6.29 Å². The van der Waals surface area contributed by atoms with Gasteiger partial charge < -0.3 is 14.6 Å². The van der Waals surface area contributed by atoms with Crippen LogP contribution in [0.15, 0.2) is 0 Å². The molecule has 4 nitrogen and oxygen atoms in total. The topological polar surface area (TPSA) is 55.8 Å². The maximum atomic E-state index is 11.3. The number of aliphatic hydroxyl groups is 1. The minimum absolute atomic E-state index is 0.173. The highest BCUT2D eigenvalue weighted by Gasteiger charge is 2.32. The zero-order valence-corrected chi connectivity index (χ0v) is 8.78. The third-order valence-electron chi connectivity index (χ3n) is 2.46. The number of ether oxygens (including phenoxy) is 2. The molecule has 1 unspecified atom stereocenters. The molecule has 82 valence electrons. The summed E-state index contributed by atoms with van der Waals surface area (Å²) in [5, 5.41) is 8.80. The average Bonchev–Trinajstić information content (AvgIpc) is 2.48. The second-order valence-corrected chi connectivity index (χ2v) is 4.04. The van der Waals surface area contributed by atoms with Crippen molar-refractivity contribution in [2.75, 3.05) is 6.61 Å². The normalized spacial score (nSPS) is 21.9. The molecule has 1 fully saturated rings. The van der Waals surface area contributed by atoms with Crippen molar-refractivity contribution in [1.29, 1.82) is 0 Å². The quantitative estimate of drug-likeness (QED) is 0.550. The lowest BCUT2D eigenvalue weighted by molar-refractivity contribution is -0.172. The molecule has 0 spiro atoms. The summed E-state index contributed by atoms with van der Waals surface area (Å²) in [6, 6.07) is 0. The Bertz CT molecular complexity index is 194. The SMILES string of the molecule is CC(O)OCC(=O)OC1(C)CCCC1. The van der Waals surface area contributed by atoms with Gasteiger partial charge in [-0.15, -0.1) is 0 Å². The largest absolute Gasteiger partial charge is 0.458 e. The molecule has 0 aromatic heterocycles. The first-order valence-corrected chi connectivity index (χ1v) is 5.03. The van der Waals surface area contributed by atoms with Gasteiger partial charge in [-0.25, -0.2) is 4.79 Å². The van der Waals surface area contributed by atoms with E-state index in [2.05, 4.69) is 0 Å². The van der Waals surface area contributed by atoms with Gasteiger partial charge in [-0.1, -0.05) is 0 Å². The second kappa shape index (κ2) is 4.75. The van der Waals surface area contributed by atoms with Gasteiger partial charge in [0.2, 0.25) is 0 Å². The van der Waals surface area contributed by atoms with Crippen LogP contribution in [0.4, 0.5) is 0 Å². The summed E-state index contributed by atoms with van der Waals surface area (Å²) in [6.07, 6.45) is 3.15. The fourth-order valence-corrected chi connectivity index (χ4v) is 1.72. The Morgan fingerprint density at radius 3 is 2.57 bits per heavy atom. The second-order valence-electron chi connectivity index (χ2n) is 4.04. The van der Waals surface area contributed by atoms with Gasteiger partial charge in [0.05, 0.1) is 0 Å². The predicted molar refractivity (Wildman–Crippen MR) is 50.6 cm³/mol. The lowest BCUT2D eigenvalue weighted by atomic mass is 10.1. The van der Waals surface area contributed by atoms with Crippen molar-refractivity contribution >= 4 is 5.97 Å². The molecule has 0 saturated heterocycles. The maximum absolute atomic E-state index is 11.3. The monoisotopic (exact) mass is 202 g/mol. The third kappa shape index (κ3) is 3.64. The van der Waals surface area contributed by atoms with Crippen LogP contribution in [-0.2, 0) is 14.3 Å². The Kier molecular flexibility index (Phi) is 3.89. The van der Waals surface area contributed by atoms with Crippen LogP contribution < -0.4 is 0 Å². The maximum Gasteiger partial charge on any atom is 0.332 e. The van der Waals surface area contributed by atoms with Crippen LogP contribution in [-0.4, -0.2) is 29.6 Å². The Balaban J connectivity index is 2.25. The van der Waals surface area contributed by atoms with Gasteiger partial charge in [-0.2, -0.15) is 0 Å². The molecular weight excluding hydrogens is 184 g/mol. The van der Waals surface area contributed by atoms with E-state index in [4.69, 9.17) is 14.6 Å². The lowest BCUT2D eigenvalue weighted by Crippen LogP contribution is -2.30. The number of esters is 1. The van der Waals surface area contributed by atoms with E-state index in [-0.39, 0.29) is 12.2 Å². The highest BCUT2D eigenvalue weighted by Crippen LogP contribution is 2.32. The molecule has 1 aliphatic rings.